The lowest BCUT2D eigenvalue weighted by Crippen LogP contribution is -2.81. The van der Waals surface area contributed by atoms with Gasteiger partial charge in [-0.1, -0.05) is 36.4 Å². The van der Waals surface area contributed by atoms with Gasteiger partial charge in [0.2, 0.25) is 0 Å². The number of benzene rings is 6. The van der Waals surface area contributed by atoms with Gasteiger partial charge in [0.05, 0.1) is 0 Å². The molecular weight excluding hydrogens is 863 g/mol. The van der Waals surface area contributed by atoms with Gasteiger partial charge in [-0.2, -0.15) is 0 Å². The number of hydrogen-bond donors (Lipinski definition) is 0. The maximum absolute atomic E-state index is 15.4. The lowest BCUT2D eigenvalue weighted by atomic mass is 9.12. The molecule has 6 aromatic rings. The van der Waals surface area contributed by atoms with E-state index in [1.807, 2.05) is 36.4 Å². The van der Waals surface area contributed by atoms with E-state index in [1.165, 1.54) is 11.1 Å². The molecule has 0 aliphatic heterocycles. The molecule has 60 heavy (non-hydrogen) atoms. The zero-order chi connectivity index (χ0) is 45.0. The summed E-state index contributed by atoms with van der Waals surface area (Å²) in [6.07, 6.45) is -7.22. The summed E-state index contributed by atoms with van der Waals surface area (Å²) in [6, 6.07) is 16.4. The fraction of sp³-hybridized carbons (Fsp3) is 0.0526. The van der Waals surface area contributed by atoms with Crippen LogP contribution in [0, 0.1) is 130 Å². The molecular formula is C38H15BF20O. The van der Waals surface area contributed by atoms with Crippen molar-refractivity contribution < 1.29 is 92.5 Å². The fourth-order valence-electron chi connectivity index (χ4n) is 6.38. The number of aromatic hydroxyl groups is 2. The number of para-hydroxylation sites is 2. The van der Waals surface area contributed by atoms with E-state index in [2.05, 4.69) is 30.7 Å². The second-order valence-corrected chi connectivity index (χ2v) is 12.5. The monoisotopic (exact) mass is 878 g/mol. The topological polar surface area (TPSA) is 12.8 Å². The second kappa shape index (κ2) is 16.4. The third-order valence-electron chi connectivity index (χ3n) is 9.18. The van der Waals surface area contributed by atoms with Gasteiger partial charge in [-0.15, -0.1) is 21.9 Å². The fourth-order valence-corrected chi connectivity index (χ4v) is 6.38. The van der Waals surface area contributed by atoms with Crippen molar-refractivity contribution in [3.8, 4) is 11.5 Å². The minimum Gasteiger partial charge on any atom is -0.546 e. The largest absolute Gasteiger partial charge is 0.546 e. The number of halogens is 20. The summed E-state index contributed by atoms with van der Waals surface area (Å²) in [4.78, 5) is 0. The van der Waals surface area contributed by atoms with E-state index in [1.54, 1.807) is 0 Å². The molecule has 0 saturated carbocycles. The van der Waals surface area contributed by atoms with Crippen LogP contribution >= 0.6 is 0 Å². The molecule has 0 unspecified atom stereocenters. The van der Waals surface area contributed by atoms with Crippen molar-refractivity contribution in [2.75, 3.05) is 0 Å². The molecule has 1 N–H and O–H groups in total. The van der Waals surface area contributed by atoms with Crippen molar-refractivity contribution in [1.82, 2.24) is 0 Å². The van der Waals surface area contributed by atoms with Gasteiger partial charge in [0.25, 0.3) is 11.5 Å². The highest BCUT2D eigenvalue weighted by Gasteiger charge is 2.52. The lowest BCUT2D eigenvalue weighted by Gasteiger charge is -2.44. The first-order chi connectivity index (χ1) is 28.0. The Morgan fingerprint density at radius 2 is 0.433 bits per heavy atom. The number of hydrogen-bond acceptors (Lipinski definition) is 0. The summed E-state index contributed by atoms with van der Waals surface area (Å²) in [6.45, 7) is 4.16. The van der Waals surface area contributed by atoms with Crippen LogP contribution in [0.25, 0.3) is 0 Å². The Morgan fingerprint density at radius 3 is 0.617 bits per heavy atom. The Morgan fingerprint density at radius 1 is 0.267 bits per heavy atom. The summed E-state index contributed by atoms with van der Waals surface area (Å²) in [5.74, 6) is -69.3. The molecule has 0 fully saturated rings. The van der Waals surface area contributed by atoms with Gasteiger partial charge in [0, 0.05) is 23.3 Å². The van der Waals surface area contributed by atoms with Crippen LogP contribution in [-0.2, 0) is 0 Å². The minimum atomic E-state index is -7.22. The maximum atomic E-state index is 15.4. The van der Waals surface area contributed by atoms with Crippen molar-refractivity contribution in [2.45, 2.75) is 13.8 Å². The van der Waals surface area contributed by atoms with Gasteiger partial charge in [-0.25, -0.2) is 87.8 Å². The van der Waals surface area contributed by atoms with Crippen molar-refractivity contribution >= 4 is 28.0 Å². The summed E-state index contributed by atoms with van der Waals surface area (Å²) in [7, 11) is 0. The lowest BCUT2D eigenvalue weighted by molar-refractivity contribution is 0.195. The molecule has 1 nitrogen and oxygen atoms in total. The zero-order valence-electron chi connectivity index (χ0n) is 29.2. The Labute approximate surface area is 322 Å². The van der Waals surface area contributed by atoms with Gasteiger partial charge in [0.1, 0.15) is 52.7 Å². The summed E-state index contributed by atoms with van der Waals surface area (Å²) in [5.41, 5.74) is -11.9. The summed E-state index contributed by atoms with van der Waals surface area (Å²) in [5, 5.41) is 0. The zero-order valence-corrected chi connectivity index (χ0v) is 29.2. The van der Waals surface area contributed by atoms with Crippen LogP contribution in [0.1, 0.15) is 11.1 Å². The first kappa shape index (κ1) is 44.9. The van der Waals surface area contributed by atoms with E-state index in [9.17, 15) is 52.7 Å². The van der Waals surface area contributed by atoms with E-state index in [4.69, 9.17) is 0 Å². The molecule has 0 aromatic heterocycles. The number of aryl methyl sites for hydroxylation is 2. The molecule has 0 aliphatic rings. The Hall–Kier alpha value is -6.22. The number of rotatable bonds is 6. The third kappa shape index (κ3) is 6.84. The van der Waals surface area contributed by atoms with Gasteiger partial charge in [0.15, 0.2) is 69.8 Å². The highest BCUT2D eigenvalue weighted by molar-refractivity contribution is 7.20. The smallest absolute Gasteiger partial charge is 0.263 e. The predicted molar refractivity (Wildman–Crippen MR) is 173 cm³/mol. The van der Waals surface area contributed by atoms with Crippen molar-refractivity contribution in [3.05, 3.63) is 176 Å². The average Bonchev–Trinajstić information content (AvgIpc) is 3.22. The van der Waals surface area contributed by atoms with E-state index < -0.39 is 144 Å². The van der Waals surface area contributed by atoms with E-state index in [0.29, 0.717) is 0 Å². The molecule has 0 heterocycles. The molecule has 0 amide bonds. The molecule has 6 aromatic carbocycles. The highest BCUT2D eigenvalue weighted by atomic mass is 19.2. The summed E-state index contributed by atoms with van der Waals surface area (Å²) < 4.78 is 299. The van der Waals surface area contributed by atoms with Crippen molar-refractivity contribution in [3.63, 3.8) is 0 Å². The molecule has 0 spiro atoms. The molecule has 0 aliphatic carbocycles. The SMILES string of the molecule is Cc1ccccc1[OH+]c1ccccc1C.Fc1c(F)c(F)c([B-](c2c(F)c(F)c(F)c(F)c2F)(c2c(F)c(F)c(F)c(F)c2F)c2c(F)c(F)c(F)c(F)c2F)c(F)c1F. The second-order valence-electron chi connectivity index (χ2n) is 12.5. The normalized spacial score (nSPS) is 11.5. The Kier molecular flexibility index (Phi) is 12.3. The van der Waals surface area contributed by atoms with E-state index in [-0.39, 0.29) is 0 Å². The minimum absolute atomic E-state index is 1.05. The quantitative estimate of drug-likeness (QED) is 0.0520. The Balaban J connectivity index is 0.000000379. The molecule has 0 atom stereocenters. The van der Waals surface area contributed by atoms with Gasteiger partial charge < -0.3 is 4.74 Å². The van der Waals surface area contributed by atoms with Crippen LogP contribution in [0.5, 0.6) is 11.5 Å². The molecule has 0 radical (unpaired) electrons. The highest BCUT2D eigenvalue weighted by Crippen LogP contribution is 2.32. The van der Waals surface area contributed by atoms with Crippen LogP contribution in [0.3, 0.4) is 0 Å². The van der Waals surface area contributed by atoms with Gasteiger partial charge in [-0.05, 0) is 13.8 Å². The first-order valence-corrected chi connectivity index (χ1v) is 16.0. The van der Waals surface area contributed by atoms with E-state index >= 15 is 35.1 Å². The van der Waals surface area contributed by atoms with Crippen LogP contribution < -0.4 is 21.9 Å². The molecule has 22 heteroatoms. The standard InChI is InChI=1S/C24BF20.C14H14O/c26-5-1(6(27)14(35)21(42)13(5)34)25(2-7(28)15(36)22(43)16(37)8(2)29,3-9(30)17(38)23(44)18(39)10(3)31)4-11(32)19(40)24(45)20(41)12(4)33;1-11-7-3-5-9-13(11)15-14-10-6-4-8-12(14)2/h;3-10H,1-2H3/q-1;/p+1. The first-order valence-electron chi connectivity index (χ1n) is 16.0. The Bertz CT molecular complexity index is 2290. The van der Waals surface area contributed by atoms with Crippen LogP contribution in [0.2, 0.25) is 0 Å². The van der Waals surface area contributed by atoms with Crippen molar-refractivity contribution in [1.29, 1.82) is 0 Å². The molecule has 316 valence electrons. The van der Waals surface area contributed by atoms with E-state index in [0.717, 1.165) is 11.5 Å². The van der Waals surface area contributed by atoms with Crippen LogP contribution in [-0.4, -0.2) is 10.9 Å². The van der Waals surface area contributed by atoms with Crippen LogP contribution in [0.15, 0.2) is 48.5 Å². The molecule has 6 rings (SSSR count). The van der Waals surface area contributed by atoms with Gasteiger partial charge in [-0.3, -0.25) is 0 Å². The summed E-state index contributed by atoms with van der Waals surface area (Å²) >= 11 is 0. The predicted octanol–water partition coefficient (Wildman–Crippen LogP) is 9.80. The molecule has 0 saturated heterocycles. The molecule has 0 bridgehead atoms. The average molecular weight is 878 g/mol. The maximum Gasteiger partial charge on any atom is 0.263 e. The third-order valence-corrected chi connectivity index (χ3v) is 9.18. The van der Waals surface area contributed by atoms with Gasteiger partial charge >= 0.3 is 0 Å². The number of ether oxygens (including phenoxy) is 1. The van der Waals surface area contributed by atoms with Crippen molar-refractivity contribution in [2.24, 2.45) is 0 Å². The van der Waals surface area contributed by atoms with Crippen LogP contribution in [0.4, 0.5) is 87.8 Å².